The molecule has 3 saturated heterocycles. The van der Waals surface area contributed by atoms with E-state index in [1.165, 1.54) is 148 Å². The van der Waals surface area contributed by atoms with E-state index in [-0.39, 0.29) is 18.9 Å². The lowest BCUT2D eigenvalue weighted by Gasteiger charge is -2.48. The van der Waals surface area contributed by atoms with Crippen molar-refractivity contribution in [2.24, 2.45) is 0 Å². The number of unbranched alkanes of at least 4 members (excludes halogenated alkanes) is 28. The normalized spacial score (nSPS) is 30.4. The molecule has 17 atom stereocenters. The van der Waals surface area contributed by atoms with Crippen LogP contribution in [0, 0.1) is 0 Å². The standard InChI is InChI=1S/C60H111NO18/c1-3-5-7-9-11-13-15-17-19-21-22-24-26-28-30-32-34-36-38-48(66)61-43(44(65)37-35-33-31-29-27-25-23-20-18-16-14-12-10-8-6-4-2)42-74-58-54(72)51(69)56(46(40-63)76-58)79-60-55(73)52(70)57(47(41-64)77-60)78-59-53(71)50(68)49(67)45(39-62)75-59/h27,29,35,37,43-47,49-60,62-65,67-73H,3-26,28,30-34,36,38-42H2,1-2H3,(H,61,66)/b29-27+,37-35+. The van der Waals surface area contributed by atoms with Crippen LogP contribution in [0.5, 0.6) is 0 Å². The van der Waals surface area contributed by atoms with E-state index in [1.54, 1.807) is 6.08 Å². The van der Waals surface area contributed by atoms with Crippen LogP contribution in [0.4, 0.5) is 0 Å². The van der Waals surface area contributed by atoms with Gasteiger partial charge in [0.05, 0.1) is 38.6 Å². The molecular weight excluding hydrogens is 1020 g/mol. The third-order valence-electron chi connectivity index (χ3n) is 15.8. The number of allylic oxidation sites excluding steroid dienone is 3. The van der Waals surface area contributed by atoms with Crippen LogP contribution in [0.1, 0.15) is 219 Å². The maximum atomic E-state index is 13.3. The number of carbonyl (C=O) groups is 1. The molecule has 0 aromatic rings. The Morgan fingerprint density at radius 1 is 0.443 bits per heavy atom. The maximum absolute atomic E-state index is 13.3. The van der Waals surface area contributed by atoms with Gasteiger partial charge in [0.15, 0.2) is 18.9 Å². The van der Waals surface area contributed by atoms with Gasteiger partial charge in [-0.3, -0.25) is 4.79 Å². The molecule has 17 unspecified atom stereocenters. The summed E-state index contributed by atoms with van der Waals surface area (Å²) >= 11 is 0. The lowest BCUT2D eigenvalue weighted by Crippen LogP contribution is -2.66. The van der Waals surface area contributed by atoms with Gasteiger partial charge in [-0.15, -0.1) is 0 Å². The molecule has 3 rings (SSSR count). The van der Waals surface area contributed by atoms with Gasteiger partial charge in [-0.05, 0) is 32.1 Å². The Balaban J connectivity index is 1.50. The molecule has 0 aromatic heterocycles. The van der Waals surface area contributed by atoms with Crippen molar-refractivity contribution < 1.29 is 89.4 Å². The van der Waals surface area contributed by atoms with Crippen LogP contribution in [-0.4, -0.2) is 193 Å². The highest BCUT2D eigenvalue weighted by atomic mass is 16.8. The lowest BCUT2D eigenvalue weighted by molar-refractivity contribution is -0.379. The highest BCUT2D eigenvalue weighted by Gasteiger charge is 2.53. The summed E-state index contributed by atoms with van der Waals surface area (Å²) in [6.07, 6.45) is 18.7. The van der Waals surface area contributed by atoms with E-state index in [0.717, 1.165) is 38.5 Å². The quantitative estimate of drug-likeness (QED) is 0.0248. The maximum Gasteiger partial charge on any atom is 0.220 e. The zero-order valence-corrected chi connectivity index (χ0v) is 48.4. The Morgan fingerprint density at radius 3 is 1.27 bits per heavy atom. The SMILES string of the molecule is CCCCCCCCCCCC/C=C/CC/C=C/C(O)C(COC1OC(CO)C(OC2OC(CO)C(OC3OC(CO)C(O)C(O)C3O)C(O)C2O)C(O)C1O)NC(=O)CCCCCCCCCCCCCCCCCCCC. The summed E-state index contributed by atoms with van der Waals surface area (Å²) in [5.41, 5.74) is 0. The van der Waals surface area contributed by atoms with Crippen LogP contribution in [0.2, 0.25) is 0 Å². The number of rotatable bonds is 46. The molecule has 464 valence electrons. The fourth-order valence-electron chi connectivity index (χ4n) is 10.6. The van der Waals surface area contributed by atoms with Crippen LogP contribution in [-0.2, 0) is 33.2 Å². The summed E-state index contributed by atoms with van der Waals surface area (Å²) < 4.78 is 34.2. The van der Waals surface area contributed by atoms with Crippen molar-refractivity contribution in [3.8, 4) is 0 Å². The fourth-order valence-corrected chi connectivity index (χ4v) is 10.6. The number of hydrogen-bond donors (Lipinski definition) is 12. The highest BCUT2D eigenvalue weighted by Crippen LogP contribution is 2.33. The first-order valence-electron chi connectivity index (χ1n) is 31.1. The van der Waals surface area contributed by atoms with Crippen LogP contribution >= 0.6 is 0 Å². The highest BCUT2D eigenvalue weighted by molar-refractivity contribution is 5.76. The predicted molar refractivity (Wildman–Crippen MR) is 300 cm³/mol. The Labute approximate surface area is 473 Å². The largest absolute Gasteiger partial charge is 0.394 e. The van der Waals surface area contributed by atoms with E-state index in [2.05, 4.69) is 31.3 Å². The van der Waals surface area contributed by atoms with Gasteiger partial charge < -0.3 is 89.9 Å². The summed E-state index contributed by atoms with van der Waals surface area (Å²) in [5.74, 6) is -0.283. The molecule has 1 amide bonds. The molecule has 19 nitrogen and oxygen atoms in total. The zero-order valence-electron chi connectivity index (χ0n) is 48.4. The molecule has 0 aromatic carbocycles. The van der Waals surface area contributed by atoms with Gasteiger partial charge in [0.25, 0.3) is 0 Å². The van der Waals surface area contributed by atoms with E-state index < -0.39 is 124 Å². The van der Waals surface area contributed by atoms with E-state index in [0.29, 0.717) is 12.8 Å². The number of ether oxygens (including phenoxy) is 6. The summed E-state index contributed by atoms with van der Waals surface area (Å²) in [6, 6.07) is -0.985. The van der Waals surface area contributed by atoms with E-state index in [9.17, 15) is 61.0 Å². The van der Waals surface area contributed by atoms with Crippen LogP contribution in [0.15, 0.2) is 24.3 Å². The summed E-state index contributed by atoms with van der Waals surface area (Å²) in [7, 11) is 0. The molecule has 79 heavy (non-hydrogen) atoms. The summed E-state index contributed by atoms with van der Waals surface area (Å²) in [4.78, 5) is 13.3. The second-order valence-electron chi connectivity index (χ2n) is 22.5. The van der Waals surface area contributed by atoms with Crippen molar-refractivity contribution in [3.63, 3.8) is 0 Å². The van der Waals surface area contributed by atoms with Gasteiger partial charge in [-0.25, -0.2) is 0 Å². The lowest BCUT2D eigenvalue weighted by atomic mass is 9.96. The van der Waals surface area contributed by atoms with Gasteiger partial charge in [0, 0.05) is 6.42 Å². The second-order valence-corrected chi connectivity index (χ2v) is 22.5. The Kier molecular flexibility index (Phi) is 39.7. The fraction of sp³-hybridized carbons (Fsp3) is 0.917. The van der Waals surface area contributed by atoms with Crippen molar-refractivity contribution in [2.45, 2.75) is 324 Å². The first-order chi connectivity index (χ1) is 38.3. The van der Waals surface area contributed by atoms with E-state index in [1.807, 2.05) is 6.08 Å². The number of amides is 1. The van der Waals surface area contributed by atoms with Crippen LogP contribution in [0.3, 0.4) is 0 Å². The Morgan fingerprint density at radius 2 is 0.810 bits per heavy atom. The number of hydrogen-bond acceptors (Lipinski definition) is 18. The first kappa shape index (κ1) is 71.5. The second kappa shape index (κ2) is 43.8. The molecule has 0 aliphatic carbocycles. The topological polar surface area (TPSA) is 307 Å². The van der Waals surface area contributed by atoms with Gasteiger partial charge in [-0.1, -0.05) is 205 Å². The minimum absolute atomic E-state index is 0.240. The number of carbonyl (C=O) groups excluding carboxylic acids is 1. The van der Waals surface area contributed by atoms with Gasteiger partial charge >= 0.3 is 0 Å². The van der Waals surface area contributed by atoms with Gasteiger partial charge in [-0.2, -0.15) is 0 Å². The molecule has 3 aliphatic heterocycles. The number of aliphatic hydroxyl groups excluding tert-OH is 11. The molecule has 3 aliphatic rings. The van der Waals surface area contributed by atoms with Gasteiger partial charge in [0.2, 0.25) is 5.91 Å². The smallest absolute Gasteiger partial charge is 0.220 e. The summed E-state index contributed by atoms with van der Waals surface area (Å²) in [5, 5.41) is 120. The number of aliphatic hydroxyl groups is 11. The monoisotopic (exact) mass is 1130 g/mol. The molecule has 0 radical (unpaired) electrons. The summed E-state index contributed by atoms with van der Waals surface area (Å²) in [6.45, 7) is 1.71. The average Bonchev–Trinajstić information content (AvgIpc) is 3.49. The van der Waals surface area contributed by atoms with Crippen LogP contribution < -0.4 is 5.32 Å². The van der Waals surface area contributed by atoms with Crippen molar-refractivity contribution >= 4 is 5.91 Å². The first-order valence-corrected chi connectivity index (χ1v) is 31.1. The van der Waals surface area contributed by atoms with Crippen molar-refractivity contribution in [3.05, 3.63) is 24.3 Å². The van der Waals surface area contributed by atoms with Crippen LogP contribution in [0.25, 0.3) is 0 Å². The molecule has 12 N–H and O–H groups in total. The molecule has 0 saturated carbocycles. The zero-order chi connectivity index (χ0) is 57.6. The van der Waals surface area contributed by atoms with Crippen molar-refractivity contribution in [1.29, 1.82) is 0 Å². The Bertz CT molecular complexity index is 1540. The van der Waals surface area contributed by atoms with Crippen molar-refractivity contribution in [2.75, 3.05) is 26.4 Å². The molecule has 3 heterocycles. The minimum Gasteiger partial charge on any atom is -0.394 e. The third kappa shape index (κ3) is 27.7. The average molecular weight is 1130 g/mol. The molecule has 0 spiro atoms. The Hall–Kier alpha value is -1.73. The molecule has 0 bridgehead atoms. The van der Waals surface area contributed by atoms with Gasteiger partial charge in [0.1, 0.15) is 73.2 Å². The third-order valence-corrected chi connectivity index (χ3v) is 15.8. The van der Waals surface area contributed by atoms with E-state index >= 15 is 0 Å². The predicted octanol–water partition coefficient (Wildman–Crippen LogP) is 5.93. The van der Waals surface area contributed by atoms with Crippen molar-refractivity contribution in [1.82, 2.24) is 5.32 Å². The number of nitrogens with one attached hydrogen (secondary N) is 1. The molecule has 3 fully saturated rings. The minimum atomic E-state index is -1.98. The molecule has 19 heteroatoms. The van der Waals surface area contributed by atoms with E-state index in [4.69, 9.17) is 28.4 Å². The molecular formula is C60H111NO18.